The summed E-state index contributed by atoms with van der Waals surface area (Å²) in [6.45, 7) is 5.84. The Hall–Kier alpha value is -0.980. The molecule has 1 unspecified atom stereocenters. The summed E-state index contributed by atoms with van der Waals surface area (Å²) in [6.07, 6.45) is 0.614. The van der Waals surface area contributed by atoms with Crippen molar-refractivity contribution in [3.05, 3.63) is 29.6 Å². The molecule has 0 aliphatic carbocycles. The van der Waals surface area contributed by atoms with E-state index >= 15 is 0 Å². The fraction of sp³-hybridized carbons (Fsp3) is 0.538. The molecule has 1 aromatic rings. The van der Waals surface area contributed by atoms with Gasteiger partial charge in [0.05, 0.1) is 0 Å². The molecule has 1 aromatic carbocycles. The second-order valence-corrected chi connectivity index (χ2v) is 6.80. The van der Waals surface area contributed by atoms with Crippen molar-refractivity contribution >= 4 is 10.0 Å². The predicted octanol–water partition coefficient (Wildman–Crippen LogP) is 1.79. The van der Waals surface area contributed by atoms with Crippen molar-refractivity contribution in [3.63, 3.8) is 0 Å². The topological polar surface area (TPSA) is 72.2 Å². The summed E-state index contributed by atoms with van der Waals surface area (Å²) < 4.78 is 40.4. The van der Waals surface area contributed by atoms with Crippen molar-refractivity contribution in [1.29, 1.82) is 0 Å². The number of aryl methyl sites for hydroxylation is 1. The second kappa shape index (κ2) is 6.45. The first-order valence-corrected chi connectivity index (χ1v) is 7.73. The predicted molar refractivity (Wildman–Crippen MR) is 73.8 cm³/mol. The Morgan fingerprint density at radius 2 is 2.00 bits per heavy atom. The SMILES string of the molecule is Cc1ccc(S(=O)(=O)NC(CN)CC(C)C)c(F)c1. The average molecular weight is 288 g/mol. The maximum atomic E-state index is 13.7. The van der Waals surface area contributed by atoms with Crippen LogP contribution >= 0.6 is 0 Å². The Bertz CT molecular complexity index is 529. The van der Waals surface area contributed by atoms with E-state index in [0.717, 1.165) is 0 Å². The largest absolute Gasteiger partial charge is 0.329 e. The number of hydrogen-bond acceptors (Lipinski definition) is 3. The van der Waals surface area contributed by atoms with Crippen LogP contribution in [0.5, 0.6) is 0 Å². The summed E-state index contributed by atoms with van der Waals surface area (Å²) in [5.74, 6) is -0.438. The zero-order valence-electron chi connectivity index (χ0n) is 11.5. The number of halogens is 1. The number of sulfonamides is 1. The van der Waals surface area contributed by atoms with E-state index in [2.05, 4.69) is 4.72 Å². The molecule has 3 N–H and O–H groups in total. The van der Waals surface area contributed by atoms with Crippen molar-refractivity contribution in [3.8, 4) is 0 Å². The van der Waals surface area contributed by atoms with Crippen molar-refractivity contribution in [2.24, 2.45) is 11.7 Å². The highest BCUT2D eigenvalue weighted by molar-refractivity contribution is 7.89. The highest BCUT2D eigenvalue weighted by atomic mass is 32.2. The molecule has 0 heterocycles. The molecular weight excluding hydrogens is 267 g/mol. The van der Waals surface area contributed by atoms with Gasteiger partial charge >= 0.3 is 0 Å². The number of benzene rings is 1. The zero-order chi connectivity index (χ0) is 14.6. The summed E-state index contributed by atoms with van der Waals surface area (Å²) in [4.78, 5) is -0.333. The Labute approximate surface area is 114 Å². The van der Waals surface area contributed by atoms with Gasteiger partial charge in [-0.25, -0.2) is 17.5 Å². The lowest BCUT2D eigenvalue weighted by Crippen LogP contribution is -2.41. The Morgan fingerprint density at radius 1 is 1.37 bits per heavy atom. The molecule has 108 valence electrons. The van der Waals surface area contributed by atoms with Gasteiger partial charge in [-0.3, -0.25) is 0 Å². The van der Waals surface area contributed by atoms with Crippen LogP contribution in [0.3, 0.4) is 0 Å². The number of rotatable bonds is 6. The maximum Gasteiger partial charge on any atom is 0.243 e. The van der Waals surface area contributed by atoms with E-state index in [0.29, 0.717) is 17.9 Å². The monoisotopic (exact) mass is 288 g/mol. The number of nitrogens with one attached hydrogen (secondary N) is 1. The van der Waals surface area contributed by atoms with Crippen LogP contribution in [0.1, 0.15) is 25.8 Å². The molecule has 1 atom stereocenters. The Morgan fingerprint density at radius 3 is 2.47 bits per heavy atom. The maximum absolute atomic E-state index is 13.7. The Balaban J connectivity index is 2.97. The highest BCUT2D eigenvalue weighted by Gasteiger charge is 2.23. The summed E-state index contributed by atoms with van der Waals surface area (Å²) >= 11 is 0. The van der Waals surface area contributed by atoms with Gasteiger partial charge in [-0.15, -0.1) is 0 Å². The average Bonchev–Trinajstić information content (AvgIpc) is 2.26. The molecule has 4 nitrogen and oxygen atoms in total. The minimum Gasteiger partial charge on any atom is -0.329 e. The third-order valence-electron chi connectivity index (χ3n) is 2.74. The van der Waals surface area contributed by atoms with E-state index < -0.39 is 15.8 Å². The van der Waals surface area contributed by atoms with Gasteiger partial charge in [-0.2, -0.15) is 0 Å². The van der Waals surface area contributed by atoms with Crippen molar-refractivity contribution in [2.75, 3.05) is 6.54 Å². The quantitative estimate of drug-likeness (QED) is 0.838. The molecule has 0 aliphatic rings. The number of hydrogen-bond donors (Lipinski definition) is 2. The van der Waals surface area contributed by atoms with Crippen LogP contribution in [0.4, 0.5) is 4.39 Å². The van der Waals surface area contributed by atoms with Crippen LogP contribution < -0.4 is 10.5 Å². The van der Waals surface area contributed by atoms with E-state index in [4.69, 9.17) is 5.73 Å². The molecule has 1 rings (SSSR count). The van der Waals surface area contributed by atoms with Crippen LogP contribution in [0, 0.1) is 18.7 Å². The van der Waals surface area contributed by atoms with Gasteiger partial charge in [0.25, 0.3) is 0 Å². The van der Waals surface area contributed by atoms with Gasteiger partial charge in [-0.1, -0.05) is 19.9 Å². The first-order valence-electron chi connectivity index (χ1n) is 6.24. The second-order valence-electron chi connectivity index (χ2n) is 5.12. The van der Waals surface area contributed by atoms with Crippen LogP contribution in [0.2, 0.25) is 0 Å². The minimum absolute atomic E-state index is 0.185. The molecule has 0 spiro atoms. The summed E-state index contributed by atoms with van der Waals surface area (Å²) in [6, 6.07) is 3.66. The minimum atomic E-state index is -3.87. The van der Waals surface area contributed by atoms with E-state index in [1.807, 2.05) is 13.8 Å². The van der Waals surface area contributed by atoms with Crippen LogP contribution in [0.25, 0.3) is 0 Å². The van der Waals surface area contributed by atoms with Crippen molar-refractivity contribution in [2.45, 2.75) is 38.1 Å². The lowest BCUT2D eigenvalue weighted by Gasteiger charge is -2.19. The third-order valence-corrected chi connectivity index (χ3v) is 4.29. The van der Waals surface area contributed by atoms with Crippen molar-refractivity contribution in [1.82, 2.24) is 4.72 Å². The number of nitrogens with two attached hydrogens (primary N) is 1. The molecule has 6 heteroatoms. The standard InChI is InChI=1S/C13H21FN2O2S/c1-9(2)6-11(8-15)16-19(17,18)13-5-4-10(3)7-12(13)14/h4-5,7,9,11,16H,6,8,15H2,1-3H3. The van der Waals surface area contributed by atoms with Crippen LogP contribution in [0.15, 0.2) is 23.1 Å². The Kier molecular flexibility index (Phi) is 5.46. The third kappa shape index (κ3) is 4.56. The summed E-state index contributed by atoms with van der Waals surface area (Å²) in [7, 11) is -3.87. The highest BCUT2D eigenvalue weighted by Crippen LogP contribution is 2.17. The molecule has 0 aromatic heterocycles. The molecule has 0 saturated heterocycles. The van der Waals surface area contributed by atoms with Crippen LogP contribution in [-0.4, -0.2) is 21.0 Å². The molecule has 0 fully saturated rings. The first kappa shape index (κ1) is 16.1. The molecule has 19 heavy (non-hydrogen) atoms. The van der Waals surface area contributed by atoms with Gasteiger partial charge in [0.15, 0.2) is 0 Å². The molecule has 0 saturated carbocycles. The summed E-state index contributed by atoms with van der Waals surface area (Å²) in [5, 5.41) is 0. The van der Waals surface area contributed by atoms with Crippen LogP contribution in [-0.2, 0) is 10.0 Å². The summed E-state index contributed by atoms with van der Waals surface area (Å²) in [5.41, 5.74) is 6.22. The fourth-order valence-corrected chi connectivity index (χ4v) is 3.19. The zero-order valence-corrected chi connectivity index (χ0v) is 12.3. The van der Waals surface area contributed by atoms with E-state index in [9.17, 15) is 12.8 Å². The van der Waals surface area contributed by atoms with Crippen molar-refractivity contribution < 1.29 is 12.8 Å². The molecular formula is C13H21FN2O2S. The van der Waals surface area contributed by atoms with Gasteiger partial charge in [0.1, 0.15) is 10.7 Å². The molecule has 0 aliphatic heterocycles. The molecule has 0 bridgehead atoms. The first-order chi connectivity index (χ1) is 8.76. The van der Waals surface area contributed by atoms with Gasteiger partial charge in [-0.05, 0) is 37.0 Å². The van der Waals surface area contributed by atoms with E-state index in [-0.39, 0.29) is 17.5 Å². The molecule has 0 radical (unpaired) electrons. The van der Waals surface area contributed by atoms with Gasteiger partial charge in [0.2, 0.25) is 10.0 Å². The lowest BCUT2D eigenvalue weighted by atomic mass is 10.1. The fourth-order valence-electron chi connectivity index (χ4n) is 1.87. The smallest absolute Gasteiger partial charge is 0.243 e. The van der Waals surface area contributed by atoms with Gasteiger partial charge < -0.3 is 5.73 Å². The lowest BCUT2D eigenvalue weighted by molar-refractivity contribution is 0.463. The van der Waals surface area contributed by atoms with E-state index in [1.54, 1.807) is 13.0 Å². The van der Waals surface area contributed by atoms with Gasteiger partial charge in [0, 0.05) is 12.6 Å². The van der Waals surface area contributed by atoms with E-state index in [1.165, 1.54) is 12.1 Å². The normalized spacial score (nSPS) is 13.8. The molecule has 0 amide bonds.